The molecule has 37 heavy (non-hydrogen) atoms. The summed E-state index contributed by atoms with van der Waals surface area (Å²) in [7, 11) is -4.42. The molecule has 0 aliphatic rings. The van der Waals surface area contributed by atoms with Crippen LogP contribution in [0.5, 0.6) is 5.88 Å². The van der Waals surface area contributed by atoms with Crippen LogP contribution in [0.2, 0.25) is 5.02 Å². The summed E-state index contributed by atoms with van der Waals surface area (Å²) in [6, 6.07) is 15.4. The summed E-state index contributed by atoms with van der Waals surface area (Å²) in [4.78, 5) is 20.5. The van der Waals surface area contributed by atoms with Crippen LogP contribution in [-0.4, -0.2) is 28.1 Å². The molecule has 4 aromatic rings. The molecule has 0 saturated heterocycles. The van der Waals surface area contributed by atoms with Gasteiger partial charge in [0, 0.05) is 22.7 Å². The summed E-state index contributed by atoms with van der Waals surface area (Å²) < 4.78 is 41.7. The van der Waals surface area contributed by atoms with Crippen LogP contribution >= 0.6 is 11.6 Å². The van der Waals surface area contributed by atoms with Gasteiger partial charge in [-0.25, -0.2) is 13.4 Å². The minimum absolute atomic E-state index is 0.0457. The third-order valence-electron chi connectivity index (χ3n) is 5.97. The summed E-state index contributed by atoms with van der Waals surface area (Å²) in [6.45, 7) is 3.67. The molecule has 0 saturated carbocycles. The smallest absolute Gasteiger partial charge is 0.277 e. The van der Waals surface area contributed by atoms with Crippen molar-refractivity contribution >= 4 is 21.4 Å². The number of hydrogen-bond donors (Lipinski definition) is 1. The van der Waals surface area contributed by atoms with Gasteiger partial charge in [-0.2, -0.15) is 9.37 Å². The number of sulfone groups is 1. The quantitative estimate of drug-likeness (QED) is 0.302. The monoisotopic (exact) mass is 541 g/mol. The topological polar surface area (TPSA) is 102 Å². The zero-order valence-electron chi connectivity index (χ0n) is 20.3. The molecule has 2 heterocycles. The van der Waals surface area contributed by atoms with Gasteiger partial charge in [-0.05, 0) is 60.9 Å². The minimum atomic E-state index is -4.42. The van der Waals surface area contributed by atoms with E-state index in [0.29, 0.717) is 40.2 Å². The molecule has 192 valence electrons. The van der Waals surface area contributed by atoms with Crippen molar-refractivity contribution < 1.29 is 17.9 Å². The molecule has 0 unspecified atom stereocenters. The number of aryl methyl sites for hydroxylation is 2. The van der Waals surface area contributed by atoms with E-state index in [2.05, 4.69) is 9.97 Å². The van der Waals surface area contributed by atoms with Crippen molar-refractivity contribution in [2.75, 3.05) is 0 Å². The Morgan fingerprint density at radius 2 is 1.78 bits per heavy atom. The van der Waals surface area contributed by atoms with Crippen molar-refractivity contribution in [1.29, 1.82) is 0 Å². The second kappa shape index (κ2) is 10.8. The van der Waals surface area contributed by atoms with E-state index < -0.39 is 32.1 Å². The highest BCUT2D eigenvalue weighted by molar-refractivity contribution is 7.91. The van der Waals surface area contributed by atoms with Crippen molar-refractivity contribution in [1.82, 2.24) is 14.5 Å². The molecule has 0 bridgehead atoms. The van der Waals surface area contributed by atoms with Gasteiger partial charge in [-0.3, -0.25) is 9.36 Å². The molecular weight excluding hydrogens is 517 g/mol. The van der Waals surface area contributed by atoms with E-state index in [9.17, 15) is 22.7 Å². The second-order valence-corrected chi connectivity index (χ2v) is 10.9. The number of halogens is 2. The summed E-state index contributed by atoms with van der Waals surface area (Å²) in [5.41, 5.74) is 1.54. The first-order valence-electron chi connectivity index (χ1n) is 11.7. The van der Waals surface area contributed by atoms with Gasteiger partial charge in [0.2, 0.25) is 21.7 Å². The second-order valence-electron chi connectivity index (χ2n) is 8.60. The fraction of sp³-hybridized carbons (Fsp3) is 0.222. The number of benzene rings is 2. The van der Waals surface area contributed by atoms with Gasteiger partial charge in [-0.15, -0.1) is 0 Å². The van der Waals surface area contributed by atoms with Crippen molar-refractivity contribution in [2.24, 2.45) is 0 Å². The van der Waals surface area contributed by atoms with Crippen LogP contribution < -0.4 is 5.56 Å². The molecule has 0 atom stereocenters. The van der Waals surface area contributed by atoms with Crippen LogP contribution in [0.15, 0.2) is 75.2 Å². The van der Waals surface area contributed by atoms with Gasteiger partial charge in [0.1, 0.15) is 5.82 Å². The Morgan fingerprint density at radius 3 is 2.43 bits per heavy atom. The summed E-state index contributed by atoms with van der Waals surface area (Å²) in [5.74, 6) is -1.15. The van der Waals surface area contributed by atoms with Crippen LogP contribution in [0.4, 0.5) is 4.39 Å². The molecule has 1 N–H and O–H groups in total. The third kappa shape index (κ3) is 5.57. The normalized spacial score (nSPS) is 11.6. The molecule has 7 nitrogen and oxygen atoms in total. The minimum Gasteiger partial charge on any atom is -0.492 e. The molecule has 0 aliphatic heterocycles. The SMILES string of the molecule is CCCCc1nc(O)c(S(=O)(=O)c2ccc(-c3ccc(F)nc3C)cc2)c(=O)n1Cc1cccc(Cl)c1. The number of unbranched alkanes of at least 4 members (excludes halogenated alkanes) is 1. The Hall–Kier alpha value is -3.56. The average molecular weight is 542 g/mol. The zero-order chi connectivity index (χ0) is 26.7. The molecule has 0 spiro atoms. The predicted molar refractivity (Wildman–Crippen MR) is 139 cm³/mol. The van der Waals surface area contributed by atoms with E-state index in [1.54, 1.807) is 49.4 Å². The van der Waals surface area contributed by atoms with Gasteiger partial charge in [0.25, 0.3) is 5.56 Å². The average Bonchev–Trinajstić information content (AvgIpc) is 2.85. The first kappa shape index (κ1) is 26.5. The van der Waals surface area contributed by atoms with Gasteiger partial charge >= 0.3 is 0 Å². The number of aromatic nitrogens is 3. The number of nitrogens with zero attached hydrogens (tertiary/aromatic N) is 3. The Bertz CT molecular complexity index is 1620. The first-order valence-corrected chi connectivity index (χ1v) is 13.5. The van der Waals surface area contributed by atoms with Crippen molar-refractivity contribution in [3.63, 3.8) is 0 Å². The predicted octanol–water partition coefficient (Wildman–Crippen LogP) is 5.34. The maximum Gasteiger partial charge on any atom is 0.277 e. The number of rotatable bonds is 8. The van der Waals surface area contributed by atoms with E-state index in [4.69, 9.17) is 11.6 Å². The number of hydrogen-bond acceptors (Lipinski definition) is 6. The number of pyridine rings is 1. The third-order valence-corrected chi connectivity index (χ3v) is 7.99. The van der Waals surface area contributed by atoms with Crippen molar-refractivity contribution in [3.8, 4) is 17.0 Å². The Balaban J connectivity index is 1.79. The van der Waals surface area contributed by atoms with Crippen LogP contribution in [-0.2, 0) is 22.8 Å². The molecule has 0 fully saturated rings. The standard InChI is InChI=1S/C27H25ClFN3O4S/c1-3-4-8-24-31-26(33)25(27(34)32(24)16-18-6-5-7-20(28)15-18)37(35,36)21-11-9-19(10-12-21)22-13-14-23(29)30-17(22)2/h5-7,9-15,33H,3-4,8,16H2,1-2H3. The van der Waals surface area contributed by atoms with Crippen LogP contribution in [0.25, 0.3) is 11.1 Å². The molecule has 0 amide bonds. The molecule has 2 aromatic carbocycles. The van der Waals surface area contributed by atoms with Gasteiger partial charge in [-0.1, -0.05) is 49.2 Å². The van der Waals surface area contributed by atoms with Crippen LogP contribution in [0, 0.1) is 12.9 Å². The van der Waals surface area contributed by atoms with Crippen molar-refractivity contribution in [3.05, 3.63) is 99.1 Å². The van der Waals surface area contributed by atoms with E-state index in [-0.39, 0.29) is 17.3 Å². The van der Waals surface area contributed by atoms with Gasteiger partial charge in [0.15, 0.2) is 4.90 Å². The van der Waals surface area contributed by atoms with Crippen LogP contribution in [0.3, 0.4) is 0 Å². The molecular formula is C27H25ClFN3O4S. The largest absolute Gasteiger partial charge is 0.492 e. The number of aromatic hydroxyl groups is 1. The van der Waals surface area contributed by atoms with E-state index in [1.165, 1.54) is 22.8 Å². The Labute approximate surface area is 219 Å². The lowest BCUT2D eigenvalue weighted by atomic mass is 10.1. The highest BCUT2D eigenvalue weighted by Crippen LogP contribution is 2.28. The lowest BCUT2D eigenvalue weighted by Gasteiger charge is -2.15. The first-order chi connectivity index (χ1) is 17.6. The fourth-order valence-corrected chi connectivity index (χ4v) is 5.65. The highest BCUT2D eigenvalue weighted by Gasteiger charge is 2.29. The highest BCUT2D eigenvalue weighted by atomic mass is 35.5. The lowest BCUT2D eigenvalue weighted by Crippen LogP contribution is -2.30. The summed E-state index contributed by atoms with van der Waals surface area (Å²) in [5, 5.41) is 11.1. The Morgan fingerprint density at radius 1 is 1.05 bits per heavy atom. The van der Waals surface area contributed by atoms with E-state index >= 15 is 0 Å². The van der Waals surface area contributed by atoms with E-state index in [1.807, 2.05) is 6.92 Å². The lowest BCUT2D eigenvalue weighted by molar-refractivity contribution is 0.419. The Kier molecular flexibility index (Phi) is 7.75. The van der Waals surface area contributed by atoms with E-state index in [0.717, 1.165) is 6.42 Å². The summed E-state index contributed by atoms with van der Waals surface area (Å²) >= 11 is 6.10. The maximum atomic E-state index is 13.6. The zero-order valence-corrected chi connectivity index (χ0v) is 21.9. The summed E-state index contributed by atoms with van der Waals surface area (Å²) in [6.07, 6.45) is 1.91. The van der Waals surface area contributed by atoms with Gasteiger partial charge in [0.05, 0.1) is 11.4 Å². The molecule has 10 heteroatoms. The fourth-order valence-electron chi connectivity index (χ4n) is 4.08. The van der Waals surface area contributed by atoms with Crippen molar-refractivity contribution in [2.45, 2.75) is 49.4 Å². The molecule has 0 radical (unpaired) electrons. The van der Waals surface area contributed by atoms with Crippen LogP contribution in [0.1, 0.15) is 36.8 Å². The maximum absolute atomic E-state index is 13.6. The molecule has 4 rings (SSSR count). The molecule has 0 aliphatic carbocycles. The molecule has 2 aromatic heterocycles. The van der Waals surface area contributed by atoms with Gasteiger partial charge < -0.3 is 5.11 Å².